The number of benzene rings is 6. The van der Waals surface area contributed by atoms with E-state index in [1.807, 2.05) is 78.9 Å². The van der Waals surface area contributed by atoms with Crippen molar-refractivity contribution in [3.8, 4) is 56.4 Å². The van der Waals surface area contributed by atoms with Crippen LogP contribution < -0.4 is 10.6 Å². The van der Waals surface area contributed by atoms with E-state index < -0.39 is 0 Å². The third-order valence-corrected chi connectivity index (χ3v) is 8.34. The first-order chi connectivity index (χ1) is 22.2. The van der Waals surface area contributed by atoms with Gasteiger partial charge >= 0.3 is 0 Å². The molecule has 0 bridgehead atoms. The number of nitrogens with two attached hydrogens (primary N) is 1. The number of hydrogen-bond acceptors (Lipinski definition) is 5. The summed E-state index contributed by atoms with van der Waals surface area (Å²) in [7, 11) is 0. The van der Waals surface area contributed by atoms with Crippen LogP contribution in [-0.4, -0.2) is 15.0 Å². The molecular formula is C40H29N5. The Morgan fingerprint density at radius 3 is 1.62 bits per heavy atom. The number of para-hydroxylation sites is 3. The smallest absolute Gasteiger partial charge is 0.164 e. The van der Waals surface area contributed by atoms with E-state index in [1.54, 1.807) is 0 Å². The van der Waals surface area contributed by atoms with Crippen molar-refractivity contribution in [3.63, 3.8) is 0 Å². The van der Waals surface area contributed by atoms with E-state index in [1.165, 1.54) is 5.56 Å². The van der Waals surface area contributed by atoms with Crippen LogP contribution in [0, 0.1) is 6.92 Å². The van der Waals surface area contributed by atoms with E-state index in [0.29, 0.717) is 23.2 Å². The molecule has 7 aromatic rings. The fraction of sp³-hybridized carbons (Fsp3) is 0.0250. The first-order valence-electron chi connectivity index (χ1n) is 15.0. The van der Waals surface area contributed by atoms with Gasteiger partial charge in [-0.1, -0.05) is 115 Å². The maximum atomic E-state index is 6.67. The topological polar surface area (TPSA) is 67.9 Å². The highest BCUT2D eigenvalue weighted by atomic mass is 15.2. The van der Waals surface area contributed by atoms with Crippen LogP contribution in [-0.2, 0) is 0 Å². The molecule has 6 aromatic carbocycles. The molecule has 0 radical (unpaired) electrons. The number of anilines is 4. The lowest BCUT2D eigenvalue weighted by Gasteiger charge is -2.30. The molecule has 1 aliphatic heterocycles. The average molecular weight is 580 g/mol. The lowest BCUT2D eigenvalue weighted by molar-refractivity contribution is 1.07. The Kier molecular flexibility index (Phi) is 6.42. The Morgan fingerprint density at radius 1 is 0.444 bits per heavy atom. The number of fused-ring (bicyclic) bond motifs is 5. The van der Waals surface area contributed by atoms with E-state index in [9.17, 15) is 0 Å². The van der Waals surface area contributed by atoms with E-state index in [4.69, 9.17) is 20.7 Å². The average Bonchev–Trinajstić information content (AvgIpc) is 3.22. The molecular weight excluding hydrogens is 550 g/mol. The summed E-state index contributed by atoms with van der Waals surface area (Å²) < 4.78 is 0. The predicted octanol–water partition coefficient (Wildman–Crippen LogP) is 9.88. The Balaban J connectivity index is 1.40. The maximum absolute atomic E-state index is 6.67. The zero-order valence-electron chi connectivity index (χ0n) is 24.7. The van der Waals surface area contributed by atoms with E-state index >= 15 is 0 Å². The van der Waals surface area contributed by atoms with Gasteiger partial charge in [0, 0.05) is 27.8 Å². The third-order valence-electron chi connectivity index (χ3n) is 8.34. The zero-order chi connectivity index (χ0) is 30.3. The van der Waals surface area contributed by atoms with E-state index in [-0.39, 0.29) is 0 Å². The molecule has 1 aliphatic rings. The molecule has 0 saturated heterocycles. The molecule has 8 rings (SSSR count). The summed E-state index contributed by atoms with van der Waals surface area (Å²) in [6, 6.07) is 49.8. The first-order valence-corrected chi connectivity index (χ1v) is 15.0. The van der Waals surface area contributed by atoms with Crippen LogP contribution in [0.3, 0.4) is 0 Å². The number of aromatic nitrogens is 3. The van der Waals surface area contributed by atoms with Gasteiger partial charge in [0.05, 0.1) is 22.7 Å². The molecule has 0 spiro atoms. The second-order valence-electron chi connectivity index (χ2n) is 11.2. The highest BCUT2D eigenvalue weighted by Crippen LogP contribution is 2.53. The molecule has 0 amide bonds. The van der Waals surface area contributed by atoms with Crippen LogP contribution in [0.15, 0.2) is 146 Å². The summed E-state index contributed by atoms with van der Waals surface area (Å²) in [5.41, 5.74) is 19.0. The molecule has 45 heavy (non-hydrogen) atoms. The van der Waals surface area contributed by atoms with Crippen LogP contribution >= 0.6 is 0 Å². The van der Waals surface area contributed by atoms with Gasteiger partial charge in [-0.05, 0) is 53.9 Å². The quantitative estimate of drug-likeness (QED) is 0.210. The third kappa shape index (κ3) is 4.62. The molecule has 2 N–H and O–H groups in total. The SMILES string of the molecule is Cc1cccc2c1N(c1ccccc1N)c1ccc(-c3nc(-c4ccccc4)nc(-c4ccccc4)n3)cc1-c1ccccc1-2. The van der Waals surface area contributed by atoms with Crippen molar-refractivity contribution >= 4 is 22.7 Å². The van der Waals surface area contributed by atoms with Crippen molar-refractivity contribution in [3.05, 3.63) is 151 Å². The number of rotatable bonds is 4. The van der Waals surface area contributed by atoms with Crippen LogP contribution in [0.25, 0.3) is 56.4 Å². The number of nitrogens with zero attached hydrogens (tertiary/aromatic N) is 4. The predicted molar refractivity (Wildman–Crippen MR) is 184 cm³/mol. The second-order valence-corrected chi connectivity index (χ2v) is 11.2. The van der Waals surface area contributed by atoms with Crippen LogP contribution in [0.5, 0.6) is 0 Å². The molecule has 214 valence electrons. The lowest BCUT2D eigenvalue weighted by atomic mass is 9.93. The van der Waals surface area contributed by atoms with Gasteiger partial charge in [-0.2, -0.15) is 0 Å². The highest BCUT2D eigenvalue weighted by molar-refractivity contribution is 6.05. The molecule has 0 unspecified atom stereocenters. The Labute approximate surface area is 262 Å². The highest BCUT2D eigenvalue weighted by Gasteiger charge is 2.28. The molecule has 2 heterocycles. The Bertz CT molecular complexity index is 2130. The molecule has 0 aliphatic carbocycles. The van der Waals surface area contributed by atoms with Gasteiger partial charge in [-0.3, -0.25) is 0 Å². The summed E-state index contributed by atoms with van der Waals surface area (Å²) in [5, 5.41) is 0. The first kappa shape index (κ1) is 26.5. The second kappa shape index (κ2) is 10.9. The summed E-state index contributed by atoms with van der Waals surface area (Å²) in [6.45, 7) is 2.16. The van der Waals surface area contributed by atoms with Gasteiger partial charge in [0.1, 0.15) is 0 Å². The van der Waals surface area contributed by atoms with Gasteiger partial charge in [-0.15, -0.1) is 0 Å². The molecule has 0 atom stereocenters. The summed E-state index contributed by atoms with van der Waals surface area (Å²) >= 11 is 0. The molecule has 5 nitrogen and oxygen atoms in total. The van der Waals surface area contributed by atoms with Gasteiger partial charge in [0.15, 0.2) is 17.5 Å². The minimum absolute atomic E-state index is 0.617. The molecule has 5 heteroatoms. The molecule has 1 aromatic heterocycles. The fourth-order valence-electron chi connectivity index (χ4n) is 6.21. The Hall–Kier alpha value is -6.07. The lowest BCUT2D eigenvalue weighted by Crippen LogP contribution is -2.14. The van der Waals surface area contributed by atoms with Crippen molar-refractivity contribution in [1.29, 1.82) is 0 Å². The minimum Gasteiger partial charge on any atom is -0.397 e. The van der Waals surface area contributed by atoms with Crippen molar-refractivity contribution in [1.82, 2.24) is 15.0 Å². The summed E-state index contributed by atoms with van der Waals surface area (Å²) in [4.78, 5) is 17.2. The minimum atomic E-state index is 0.617. The number of hydrogen-bond donors (Lipinski definition) is 1. The van der Waals surface area contributed by atoms with Crippen molar-refractivity contribution in [2.45, 2.75) is 6.92 Å². The van der Waals surface area contributed by atoms with E-state index in [0.717, 1.165) is 56.0 Å². The number of aryl methyl sites for hydroxylation is 1. The summed E-state index contributed by atoms with van der Waals surface area (Å²) in [6.07, 6.45) is 0. The standard InChI is InChI=1S/C40H29N5/c1-26-13-12-20-32-30-18-8-9-19-31(30)33-25-29(23-24-35(33)45(37(26)32)36-22-11-10-21-34(36)41)40-43-38(27-14-4-2-5-15-27)42-39(44-40)28-16-6-3-7-17-28/h2-25H,41H2,1H3. The van der Waals surface area contributed by atoms with Crippen molar-refractivity contribution in [2.24, 2.45) is 0 Å². The zero-order valence-corrected chi connectivity index (χ0v) is 24.7. The monoisotopic (exact) mass is 579 g/mol. The van der Waals surface area contributed by atoms with Crippen LogP contribution in [0.1, 0.15) is 5.56 Å². The Morgan fingerprint density at radius 2 is 0.978 bits per heavy atom. The number of nitrogen functional groups attached to an aromatic ring is 1. The van der Waals surface area contributed by atoms with Crippen LogP contribution in [0.4, 0.5) is 22.7 Å². The fourth-order valence-corrected chi connectivity index (χ4v) is 6.21. The van der Waals surface area contributed by atoms with E-state index in [2.05, 4.69) is 78.6 Å². The molecule has 0 saturated carbocycles. The van der Waals surface area contributed by atoms with Gasteiger partial charge < -0.3 is 10.6 Å². The summed E-state index contributed by atoms with van der Waals surface area (Å²) in [5.74, 6) is 1.89. The normalized spacial score (nSPS) is 11.7. The van der Waals surface area contributed by atoms with Crippen LogP contribution in [0.2, 0.25) is 0 Å². The molecule has 0 fully saturated rings. The van der Waals surface area contributed by atoms with Crippen molar-refractivity contribution < 1.29 is 0 Å². The van der Waals surface area contributed by atoms with Gasteiger partial charge in [0.25, 0.3) is 0 Å². The maximum Gasteiger partial charge on any atom is 0.164 e. The largest absolute Gasteiger partial charge is 0.397 e. The van der Waals surface area contributed by atoms with Gasteiger partial charge in [-0.25, -0.2) is 15.0 Å². The van der Waals surface area contributed by atoms with Crippen molar-refractivity contribution in [2.75, 3.05) is 10.6 Å². The van der Waals surface area contributed by atoms with Gasteiger partial charge in [0.2, 0.25) is 0 Å².